The number of nitrogens with two attached hydrogens (primary N) is 2. The molecule has 0 unspecified atom stereocenters. The van der Waals surface area contributed by atoms with E-state index < -0.39 is 12.0 Å². The monoisotopic (exact) mass is 639 g/mol. The summed E-state index contributed by atoms with van der Waals surface area (Å²) in [5.41, 5.74) is 11.0. The molecule has 4 aromatic carbocycles. The fourth-order valence-electron chi connectivity index (χ4n) is 5.45. The summed E-state index contributed by atoms with van der Waals surface area (Å²) in [5, 5.41) is 9.46. The lowest BCUT2D eigenvalue weighted by atomic mass is 9.92. The molecule has 0 aliphatic carbocycles. The van der Waals surface area contributed by atoms with Gasteiger partial charge in [0.15, 0.2) is 0 Å². The van der Waals surface area contributed by atoms with Crippen LogP contribution in [-0.2, 0) is 0 Å². The van der Waals surface area contributed by atoms with Crippen molar-refractivity contribution in [2.45, 2.75) is 6.42 Å². The number of anilines is 1. The molecular weight excluding hydrogens is 604 g/mol. The SMILES string of the molecule is NC(=O)c1cc(C#CCCN(N)C(=O)O)ccc1OCCN1CCN(c2cccc(-c3ccc(F)cc3)c2-c2ccc(F)cc2)CC1. The van der Waals surface area contributed by atoms with Gasteiger partial charge in [-0.05, 0) is 65.2 Å². The number of hydrazine groups is 1. The van der Waals surface area contributed by atoms with Crippen LogP contribution >= 0.6 is 0 Å². The number of primary amides is 1. The fraction of sp³-hybridized carbons (Fsp3) is 0.222. The number of rotatable bonds is 10. The molecule has 2 amide bonds. The van der Waals surface area contributed by atoms with E-state index in [9.17, 15) is 18.4 Å². The van der Waals surface area contributed by atoms with E-state index in [1.807, 2.05) is 12.1 Å². The number of piperazine rings is 1. The Balaban J connectivity index is 1.22. The molecule has 0 aromatic heterocycles. The Morgan fingerprint density at radius 3 is 2.19 bits per heavy atom. The van der Waals surface area contributed by atoms with E-state index in [4.69, 9.17) is 21.4 Å². The molecule has 9 nitrogen and oxygen atoms in total. The topological polar surface area (TPSA) is 125 Å². The lowest BCUT2D eigenvalue weighted by molar-refractivity contribution is 0.0995. The molecule has 1 aliphatic heterocycles. The molecule has 4 aromatic rings. The van der Waals surface area contributed by atoms with Gasteiger partial charge in [-0.2, -0.15) is 0 Å². The van der Waals surface area contributed by atoms with E-state index in [1.165, 1.54) is 24.3 Å². The second kappa shape index (κ2) is 15.2. The molecule has 1 aliphatic rings. The quantitative estimate of drug-likeness (QED) is 0.0944. The van der Waals surface area contributed by atoms with Gasteiger partial charge in [-0.3, -0.25) is 9.69 Å². The van der Waals surface area contributed by atoms with Crippen molar-refractivity contribution in [3.63, 3.8) is 0 Å². The number of ether oxygens (including phenoxy) is 1. The molecule has 0 spiro atoms. The molecule has 0 atom stereocenters. The van der Waals surface area contributed by atoms with E-state index in [2.05, 4.69) is 27.7 Å². The molecule has 242 valence electrons. The van der Waals surface area contributed by atoms with E-state index in [0.29, 0.717) is 29.5 Å². The third-order valence-corrected chi connectivity index (χ3v) is 7.91. The van der Waals surface area contributed by atoms with Crippen molar-refractivity contribution in [1.82, 2.24) is 9.91 Å². The number of halogens is 2. The maximum absolute atomic E-state index is 13.8. The Hall–Kier alpha value is -5.44. The molecule has 1 heterocycles. The lowest BCUT2D eigenvalue weighted by Crippen LogP contribution is -2.47. The van der Waals surface area contributed by atoms with Crippen LogP contribution in [0.5, 0.6) is 5.75 Å². The summed E-state index contributed by atoms with van der Waals surface area (Å²) in [5.74, 6) is 10.2. The second-order valence-electron chi connectivity index (χ2n) is 11.0. The Labute approximate surface area is 271 Å². The van der Waals surface area contributed by atoms with Crippen molar-refractivity contribution in [3.05, 3.63) is 108 Å². The number of hydrogen-bond acceptors (Lipinski definition) is 6. The van der Waals surface area contributed by atoms with Crippen molar-refractivity contribution < 1.29 is 28.2 Å². The lowest BCUT2D eigenvalue weighted by Gasteiger charge is -2.37. The standard InChI is InChI=1S/C36H35F2N5O4/c37-28-12-8-26(9-13-28)30-5-3-6-32(34(30)27-10-14-29(38)15-11-27)42-20-18-41(19-21-42)22-23-47-33-16-7-25(24-31(33)35(39)44)4-1-2-17-43(40)36(45)46/h3,5-16,24H,2,17-23,40H2,(H2,39,44)(H,45,46). The summed E-state index contributed by atoms with van der Waals surface area (Å²) in [6.45, 7) is 4.06. The maximum atomic E-state index is 13.8. The Bertz CT molecular complexity index is 1780. The van der Waals surface area contributed by atoms with Gasteiger partial charge in [0.05, 0.1) is 12.1 Å². The largest absolute Gasteiger partial charge is 0.491 e. The predicted molar refractivity (Wildman–Crippen MR) is 177 cm³/mol. The summed E-state index contributed by atoms with van der Waals surface area (Å²) in [4.78, 5) is 27.5. The Morgan fingerprint density at radius 1 is 0.894 bits per heavy atom. The Kier molecular flexibility index (Phi) is 10.7. The minimum atomic E-state index is -1.24. The molecule has 0 bridgehead atoms. The number of amides is 2. The van der Waals surface area contributed by atoms with Crippen LogP contribution in [0.25, 0.3) is 22.3 Å². The third kappa shape index (κ3) is 8.43. The average molecular weight is 640 g/mol. The Morgan fingerprint density at radius 2 is 1.55 bits per heavy atom. The molecular formula is C36H35F2N5O4. The van der Waals surface area contributed by atoms with Crippen molar-refractivity contribution >= 4 is 17.7 Å². The number of carbonyl (C=O) groups is 2. The zero-order valence-corrected chi connectivity index (χ0v) is 25.7. The number of carbonyl (C=O) groups excluding carboxylic acids is 1. The van der Waals surface area contributed by atoms with Crippen LogP contribution in [0, 0.1) is 23.5 Å². The summed E-state index contributed by atoms with van der Waals surface area (Å²) < 4.78 is 33.5. The predicted octanol–water partition coefficient (Wildman–Crippen LogP) is 5.19. The number of nitrogens with zero attached hydrogens (tertiary/aromatic N) is 3. The van der Waals surface area contributed by atoms with Gasteiger partial charge in [0.1, 0.15) is 24.0 Å². The van der Waals surface area contributed by atoms with Gasteiger partial charge in [-0.15, -0.1) is 0 Å². The highest BCUT2D eigenvalue weighted by molar-refractivity contribution is 5.96. The number of carboxylic acid groups (broad SMARTS) is 1. The molecule has 0 saturated carbocycles. The van der Waals surface area contributed by atoms with E-state index >= 15 is 0 Å². The first-order valence-corrected chi connectivity index (χ1v) is 15.1. The van der Waals surface area contributed by atoms with Crippen LogP contribution < -0.4 is 21.2 Å². The minimum Gasteiger partial charge on any atom is -0.491 e. The zero-order chi connectivity index (χ0) is 33.3. The first-order valence-electron chi connectivity index (χ1n) is 15.1. The molecule has 5 N–H and O–H groups in total. The van der Waals surface area contributed by atoms with Crippen molar-refractivity contribution in [1.29, 1.82) is 0 Å². The molecule has 1 fully saturated rings. The summed E-state index contributed by atoms with van der Waals surface area (Å²) >= 11 is 0. The van der Waals surface area contributed by atoms with E-state index in [-0.39, 0.29) is 30.2 Å². The number of hydrogen-bond donors (Lipinski definition) is 3. The molecule has 11 heteroatoms. The van der Waals surface area contributed by atoms with Crippen LogP contribution in [0.3, 0.4) is 0 Å². The molecule has 47 heavy (non-hydrogen) atoms. The van der Waals surface area contributed by atoms with E-state index in [1.54, 1.807) is 42.5 Å². The van der Waals surface area contributed by atoms with Crippen LogP contribution in [0.1, 0.15) is 22.3 Å². The van der Waals surface area contributed by atoms with Gasteiger partial charge in [-0.1, -0.05) is 48.2 Å². The van der Waals surface area contributed by atoms with Gasteiger partial charge in [0.25, 0.3) is 5.91 Å². The van der Waals surface area contributed by atoms with Crippen LogP contribution in [-0.4, -0.2) is 72.9 Å². The maximum Gasteiger partial charge on any atom is 0.421 e. The molecule has 1 saturated heterocycles. The van der Waals surface area contributed by atoms with Crippen molar-refractivity contribution in [2.24, 2.45) is 11.6 Å². The highest BCUT2D eigenvalue weighted by Gasteiger charge is 2.22. The fourth-order valence-corrected chi connectivity index (χ4v) is 5.45. The number of benzene rings is 4. The van der Waals surface area contributed by atoms with E-state index in [0.717, 1.165) is 54.1 Å². The van der Waals surface area contributed by atoms with Gasteiger partial charge < -0.3 is 20.5 Å². The van der Waals surface area contributed by atoms with Crippen LogP contribution in [0.4, 0.5) is 19.3 Å². The van der Waals surface area contributed by atoms with Gasteiger partial charge in [0.2, 0.25) is 0 Å². The third-order valence-electron chi connectivity index (χ3n) is 7.91. The highest BCUT2D eigenvalue weighted by Crippen LogP contribution is 2.40. The first kappa shape index (κ1) is 32.9. The first-order chi connectivity index (χ1) is 22.7. The van der Waals surface area contributed by atoms with Crippen LogP contribution in [0.2, 0.25) is 0 Å². The van der Waals surface area contributed by atoms with Gasteiger partial charge in [0, 0.05) is 56.0 Å². The molecule has 0 radical (unpaired) electrons. The zero-order valence-electron chi connectivity index (χ0n) is 25.7. The smallest absolute Gasteiger partial charge is 0.421 e. The van der Waals surface area contributed by atoms with Crippen LogP contribution in [0.15, 0.2) is 84.9 Å². The van der Waals surface area contributed by atoms with Gasteiger partial charge >= 0.3 is 6.09 Å². The van der Waals surface area contributed by atoms with Gasteiger partial charge in [-0.25, -0.2) is 24.4 Å². The van der Waals surface area contributed by atoms with Crippen molar-refractivity contribution in [2.75, 3.05) is 50.8 Å². The molecule has 5 rings (SSSR count). The summed E-state index contributed by atoms with van der Waals surface area (Å²) in [7, 11) is 0. The normalized spacial score (nSPS) is 13.0. The summed E-state index contributed by atoms with van der Waals surface area (Å²) in [6.07, 6.45) is -1.01. The summed E-state index contributed by atoms with van der Waals surface area (Å²) in [6, 6.07) is 23.8. The van der Waals surface area contributed by atoms with Crippen molar-refractivity contribution in [3.8, 4) is 39.8 Å². The highest BCUT2D eigenvalue weighted by atomic mass is 19.1. The average Bonchev–Trinajstić information content (AvgIpc) is 3.07. The minimum absolute atomic E-state index is 0.0538. The second-order valence-corrected chi connectivity index (χ2v) is 11.0.